The predicted molar refractivity (Wildman–Crippen MR) is 134 cm³/mol. The minimum atomic E-state index is 0.120. The molecule has 2 unspecified atom stereocenters. The molecule has 34 heavy (non-hydrogen) atoms. The third kappa shape index (κ3) is 4.30. The van der Waals surface area contributed by atoms with E-state index in [9.17, 15) is 9.59 Å². The number of rotatable bonds is 5. The van der Waals surface area contributed by atoms with Crippen molar-refractivity contribution in [1.29, 1.82) is 0 Å². The molecule has 2 saturated heterocycles. The standard InChI is InChI=1S/C25H34N6O2S/c1-17-11-13-28(14-12-17)23(33)16-34-25-27-26-24-29(20-9-4-5-10-21(20)31(24)25)15-22(32)30-18(2)7-6-8-19(30)3/h4-5,9-10,17-19H,6-8,11-16H2,1-3H3. The molecular weight excluding hydrogens is 448 g/mol. The van der Waals surface area contributed by atoms with E-state index in [1.807, 2.05) is 43.0 Å². The lowest BCUT2D eigenvalue weighted by Crippen LogP contribution is -2.48. The average Bonchev–Trinajstić information content (AvgIpc) is 3.37. The molecule has 0 spiro atoms. The molecule has 2 fully saturated rings. The molecule has 182 valence electrons. The number of imidazole rings is 1. The number of para-hydroxylation sites is 2. The fourth-order valence-corrected chi connectivity index (χ4v) is 6.33. The van der Waals surface area contributed by atoms with Crippen LogP contribution in [0.4, 0.5) is 0 Å². The zero-order valence-electron chi connectivity index (χ0n) is 20.3. The van der Waals surface area contributed by atoms with Gasteiger partial charge in [-0.3, -0.25) is 18.6 Å². The summed E-state index contributed by atoms with van der Waals surface area (Å²) in [7, 11) is 0. The quantitative estimate of drug-likeness (QED) is 0.517. The highest BCUT2D eigenvalue weighted by Gasteiger charge is 2.30. The average molecular weight is 483 g/mol. The first-order valence-electron chi connectivity index (χ1n) is 12.5. The molecule has 2 atom stereocenters. The Morgan fingerprint density at radius 1 is 0.941 bits per heavy atom. The lowest BCUT2D eigenvalue weighted by atomic mass is 9.97. The summed E-state index contributed by atoms with van der Waals surface area (Å²) in [6, 6.07) is 8.52. The number of aromatic nitrogens is 4. The minimum absolute atomic E-state index is 0.120. The fraction of sp³-hybridized carbons (Fsp3) is 0.600. The maximum absolute atomic E-state index is 13.4. The number of likely N-dealkylation sites (tertiary alicyclic amines) is 2. The molecule has 5 rings (SSSR count). The van der Waals surface area contributed by atoms with Crippen molar-refractivity contribution in [2.24, 2.45) is 5.92 Å². The molecule has 2 aromatic heterocycles. The highest BCUT2D eigenvalue weighted by Crippen LogP contribution is 2.28. The van der Waals surface area contributed by atoms with Gasteiger partial charge >= 0.3 is 0 Å². The molecule has 2 aliphatic rings. The SMILES string of the molecule is CC1CCN(C(=O)CSc2nnc3n(CC(=O)N4C(C)CCCC4C)c4ccccc4n23)CC1. The molecule has 4 heterocycles. The number of fused-ring (bicyclic) bond motifs is 3. The van der Waals surface area contributed by atoms with Gasteiger partial charge in [-0.1, -0.05) is 30.8 Å². The topological polar surface area (TPSA) is 75.7 Å². The smallest absolute Gasteiger partial charge is 0.243 e. The molecule has 2 amide bonds. The largest absolute Gasteiger partial charge is 0.342 e. The van der Waals surface area contributed by atoms with Gasteiger partial charge in [-0.25, -0.2) is 0 Å². The molecule has 9 heteroatoms. The van der Waals surface area contributed by atoms with E-state index in [2.05, 4.69) is 31.0 Å². The Bertz CT molecular complexity index is 1180. The third-order valence-corrected chi connectivity index (χ3v) is 8.42. The van der Waals surface area contributed by atoms with Crippen molar-refractivity contribution in [1.82, 2.24) is 29.0 Å². The first kappa shape index (κ1) is 23.2. The Hall–Kier alpha value is -2.55. The molecule has 0 aliphatic carbocycles. The molecule has 0 radical (unpaired) electrons. The molecule has 0 bridgehead atoms. The monoisotopic (exact) mass is 482 g/mol. The molecule has 1 aromatic carbocycles. The third-order valence-electron chi connectivity index (χ3n) is 7.51. The van der Waals surface area contributed by atoms with Gasteiger partial charge < -0.3 is 9.80 Å². The van der Waals surface area contributed by atoms with Gasteiger partial charge in [0.15, 0.2) is 5.16 Å². The van der Waals surface area contributed by atoms with E-state index in [1.165, 1.54) is 18.2 Å². The van der Waals surface area contributed by atoms with Gasteiger partial charge in [0.05, 0.1) is 16.8 Å². The van der Waals surface area contributed by atoms with Gasteiger partial charge in [-0.15, -0.1) is 10.2 Å². The molecule has 0 saturated carbocycles. The number of thioether (sulfide) groups is 1. The summed E-state index contributed by atoms with van der Waals surface area (Å²) in [5, 5.41) is 9.55. The van der Waals surface area contributed by atoms with Gasteiger partial charge in [0.1, 0.15) is 6.54 Å². The molecule has 2 aliphatic heterocycles. The summed E-state index contributed by atoms with van der Waals surface area (Å²) in [5.74, 6) is 1.96. The Morgan fingerprint density at radius 2 is 1.62 bits per heavy atom. The van der Waals surface area contributed by atoms with Crippen LogP contribution in [0.3, 0.4) is 0 Å². The van der Waals surface area contributed by atoms with Crippen molar-refractivity contribution in [2.75, 3.05) is 18.8 Å². The van der Waals surface area contributed by atoms with Crippen molar-refractivity contribution >= 4 is 40.4 Å². The normalized spacial score (nSPS) is 22.1. The van der Waals surface area contributed by atoms with E-state index in [1.54, 1.807) is 0 Å². The minimum Gasteiger partial charge on any atom is -0.342 e. The maximum Gasteiger partial charge on any atom is 0.243 e. The van der Waals surface area contributed by atoms with Crippen LogP contribution in [0.2, 0.25) is 0 Å². The lowest BCUT2D eigenvalue weighted by molar-refractivity contribution is -0.137. The lowest BCUT2D eigenvalue weighted by Gasteiger charge is -2.39. The van der Waals surface area contributed by atoms with E-state index in [4.69, 9.17) is 0 Å². The van der Waals surface area contributed by atoms with Crippen molar-refractivity contribution in [2.45, 2.75) is 76.7 Å². The summed E-state index contributed by atoms with van der Waals surface area (Å²) < 4.78 is 3.96. The highest BCUT2D eigenvalue weighted by molar-refractivity contribution is 7.99. The zero-order valence-corrected chi connectivity index (χ0v) is 21.1. The van der Waals surface area contributed by atoms with Gasteiger partial charge in [-0.2, -0.15) is 0 Å². The van der Waals surface area contributed by atoms with Crippen molar-refractivity contribution in [3.05, 3.63) is 24.3 Å². The number of carbonyl (C=O) groups excluding carboxylic acids is 2. The molecular formula is C25H34N6O2S. The number of hydrogen-bond acceptors (Lipinski definition) is 5. The first-order valence-corrected chi connectivity index (χ1v) is 13.5. The second-order valence-electron chi connectivity index (χ2n) is 9.97. The number of nitrogens with zero attached hydrogens (tertiary/aromatic N) is 6. The first-order chi connectivity index (χ1) is 16.4. The van der Waals surface area contributed by atoms with Crippen LogP contribution in [0.25, 0.3) is 16.8 Å². The summed E-state index contributed by atoms with van der Waals surface area (Å²) >= 11 is 1.42. The van der Waals surface area contributed by atoms with Crippen LogP contribution in [-0.2, 0) is 16.1 Å². The van der Waals surface area contributed by atoms with Crippen LogP contribution in [0.5, 0.6) is 0 Å². The number of carbonyl (C=O) groups is 2. The Labute approximate surface area is 204 Å². The van der Waals surface area contributed by atoms with Crippen LogP contribution in [-0.4, -0.2) is 71.7 Å². The van der Waals surface area contributed by atoms with E-state index >= 15 is 0 Å². The second kappa shape index (κ2) is 9.60. The van der Waals surface area contributed by atoms with Crippen molar-refractivity contribution in [3.63, 3.8) is 0 Å². The van der Waals surface area contributed by atoms with Gasteiger partial charge in [0.2, 0.25) is 17.6 Å². The number of benzene rings is 1. The second-order valence-corrected chi connectivity index (χ2v) is 10.9. The van der Waals surface area contributed by atoms with Crippen LogP contribution >= 0.6 is 11.8 Å². The van der Waals surface area contributed by atoms with Gasteiger partial charge in [0, 0.05) is 25.2 Å². The van der Waals surface area contributed by atoms with Crippen LogP contribution < -0.4 is 0 Å². The number of amides is 2. The van der Waals surface area contributed by atoms with E-state index < -0.39 is 0 Å². The van der Waals surface area contributed by atoms with Crippen LogP contribution in [0.15, 0.2) is 29.4 Å². The van der Waals surface area contributed by atoms with Crippen molar-refractivity contribution in [3.8, 4) is 0 Å². The van der Waals surface area contributed by atoms with Crippen LogP contribution in [0.1, 0.15) is 52.9 Å². The highest BCUT2D eigenvalue weighted by atomic mass is 32.2. The zero-order chi connectivity index (χ0) is 23.8. The fourth-order valence-electron chi connectivity index (χ4n) is 5.49. The van der Waals surface area contributed by atoms with Gasteiger partial charge in [-0.05, 0) is 64.0 Å². The van der Waals surface area contributed by atoms with E-state index in [0.29, 0.717) is 22.6 Å². The molecule has 0 N–H and O–H groups in total. The molecule has 8 nitrogen and oxygen atoms in total. The Balaban J connectivity index is 1.39. The maximum atomic E-state index is 13.4. The summed E-state index contributed by atoms with van der Waals surface area (Å²) in [4.78, 5) is 30.2. The number of hydrogen-bond donors (Lipinski definition) is 0. The predicted octanol–water partition coefficient (Wildman–Crippen LogP) is 3.82. The molecule has 3 aromatic rings. The Kier molecular flexibility index (Phi) is 6.55. The summed E-state index contributed by atoms with van der Waals surface area (Å²) in [6.07, 6.45) is 5.41. The number of piperidine rings is 2. The summed E-state index contributed by atoms with van der Waals surface area (Å²) in [6.45, 7) is 8.44. The van der Waals surface area contributed by atoms with Crippen LogP contribution in [0, 0.1) is 5.92 Å². The summed E-state index contributed by atoms with van der Waals surface area (Å²) in [5.41, 5.74) is 1.91. The van der Waals surface area contributed by atoms with Crippen molar-refractivity contribution < 1.29 is 9.59 Å². The Morgan fingerprint density at radius 3 is 2.32 bits per heavy atom. The van der Waals surface area contributed by atoms with E-state index in [0.717, 1.165) is 49.8 Å². The van der Waals surface area contributed by atoms with E-state index in [-0.39, 0.29) is 30.4 Å². The van der Waals surface area contributed by atoms with Gasteiger partial charge in [0.25, 0.3) is 0 Å².